The number of nitrogens with zero attached hydrogens (tertiary/aromatic N) is 4. The van der Waals surface area contributed by atoms with E-state index >= 15 is 0 Å². The van der Waals surface area contributed by atoms with Gasteiger partial charge in [-0.3, -0.25) is 14.9 Å². The van der Waals surface area contributed by atoms with Gasteiger partial charge in [-0.15, -0.1) is 0 Å². The quantitative estimate of drug-likeness (QED) is 0.504. The first-order valence-electron chi connectivity index (χ1n) is 10.6. The average molecular weight is 459 g/mol. The Hall–Kier alpha value is -2.98. The van der Waals surface area contributed by atoms with Crippen LogP contribution in [0.1, 0.15) is 35.2 Å². The van der Waals surface area contributed by atoms with Gasteiger partial charge in [-0.1, -0.05) is 0 Å². The van der Waals surface area contributed by atoms with Crippen LogP contribution in [0.15, 0.2) is 41.3 Å². The van der Waals surface area contributed by atoms with Gasteiger partial charge in [-0.05, 0) is 55.5 Å². The number of hydrogen-bond acceptors (Lipinski definition) is 6. The maximum atomic E-state index is 13.6. The van der Waals surface area contributed by atoms with E-state index in [9.17, 15) is 23.3 Å². The third kappa shape index (κ3) is 3.95. The van der Waals surface area contributed by atoms with E-state index in [0.717, 1.165) is 42.2 Å². The first kappa shape index (κ1) is 22.2. The van der Waals surface area contributed by atoms with Gasteiger partial charge in [0.2, 0.25) is 10.0 Å². The second-order valence-corrected chi connectivity index (χ2v) is 10.4. The molecule has 2 aliphatic heterocycles. The van der Waals surface area contributed by atoms with Crippen molar-refractivity contribution in [3.8, 4) is 0 Å². The molecule has 32 heavy (non-hydrogen) atoms. The number of nitro benzene ring substituents is 1. The van der Waals surface area contributed by atoms with Gasteiger partial charge in [0, 0.05) is 51.5 Å². The number of sulfonamides is 1. The molecule has 170 valence electrons. The van der Waals surface area contributed by atoms with Crippen LogP contribution in [0.2, 0.25) is 0 Å². The van der Waals surface area contributed by atoms with Crippen LogP contribution in [-0.4, -0.2) is 57.3 Å². The molecule has 2 aromatic carbocycles. The number of carbonyl (C=O) groups excluding carboxylic acids is 1. The van der Waals surface area contributed by atoms with Gasteiger partial charge in [-0.2, -0.15) is 0 Å². The summed E-state index contributed by atoms with van der Waals surface area (Å²) in [5.41, 5.74) is 2.30. The van der Waals surface area contributed by atoms with Gasteiger partial charge < -0.3 is 9.80 Å². The first-order valence-corrected chi connectivity index (χ1v) is 12.0. The predicted octanol–water partition coefficient (Wildman–Crippen LogP) is 3.04. The monoisotopic (exact) mass is 458 g/mol. The Morgan fingerprint density at radius 1 is 1.00 bits per heavy atom. The lowest BCUT2D eigenvalue weighted by Crippen LogP contribution is -2.34. The molecule has 0 unspecified atom stereocenters. The van der Waals surface area contributed by atoms with Crippen LogP contribution in [0, 0.1) is 10.1 Å². The molecule has 0 radical (unpaired) electrons. The SMILES string of the molecule is CN(C)S(=O)(=O)c1ccc2c(c1)CCN2C(=O)c1cc([N+](=O)[O-])ccc1N1CCCCC1. The predicted molar refractivity (Wildman–Crippen MR) is 122 cm³/mol. The van der Waals surface area contributed by atoms with Gasteiger partial charge >= 0.3 is 0 Å². The van der Waals surface area contributed by atoms with Crippen molar-refractivity contribution in [1.82, 2.24) is 4.31 Å². The molecule has 0 spiro atoms. The minimum Gasteiger partial charge on any atom is -0.371 e. The highest BCUT2D eigenvalue weighted by Crippen LogP contribution is 2.35. The van der Waals surface area contributed by atoms with Crippen LogP contribution in [0.5, 0.6) is 0 Å². The lowest BCUT2D eigenvalue weighted by atomic mass is 10.1. The second-order valence-electron chi connectivity index (χ2n) is 8.29. The van der Waals surface area contributed by atoms with Gasteiger partial charge in [0.25, 0.3) is 11.6 Å². The number of anilines is 2. The molecule has 2 heterocycles. The van der Waals surface area contributed by atoms with Crippen molar-refractivity contribution < 1.29 is 18.1 Å². The number of non-ortho nitro benzene ring substituents is 1. The van der Waals surface area contributed by atoms with Gasteiger partial charge in [0.05, 0.1) is 21.1 Å². The minimum atomic E-state index is -3.58. The van der Waals surface area contributed by atoms with Crippen LogP contribution >= 0.6 is 0 Å². The van der Waals surface area contributed by atoms with E-state index in [-0.39, 0.29) is 16.5 Å². The van der Waals surface area contributed by atoms with Gasteiger partial charge in [0.1, 0.15) is 0 Å². The molecular formula is C22H26N4O5S. The zero-order valence-electron chi connectivity index (χ0n) is 18.2. The van der Waals surface area contributed by atoms with E-state index in [4.69, 9.17) is 0 Å². The zero-order chi connectivity index (χ0) is 23.0. The van der Waals surface area contributed by atoms with Crippen molar-refractivity contribution in [2.75, 3.05) is 43.5 Å². The van der Waals surface area contributed by atoms with Crippen LogP contribution in [-0.2, 0) is 16.4 Å². The van der Waals surface area contributed by atoms with Crippen molar-refractivity contribution in [2.24, 2.45) is 0 Å². The molecule has 1 amide bonds. The smallest absolute Gasteiger partial charge is 0.270 e. The highest BCUT2D eigenvalue weighted by Gasteiger charge is 2.31. The molecule has 9 nitrogen and oxygen atoms in total. The summed E-state index contributed by atoms with van der Waals surface area (Å²) in [7, 11) is -0.626. The highest BCUT2D eigenvalue weighted by molar-refractivity contribution is 7.89. The van der Waals surface area contributed by atoms with Crippen molar-refractivity contribution in [3.63, 3.8) is 0 Å². The van der Waals surface area contributed by atoms with Crippen LogP contribution in [0.3, 0.4) is 0 Å². The summed E-state index contributed by atoms with van der Waals surface area (Å²) in [5.74, 6) is -0.309. The number of piperidine rings is 1. The molecule has 0 atom stereocenters. The van der Waals surface area contributed by atoms with E-state index in [1.54, 1.807) is 23.1 Å². The van der Waals surface area contributed by atoms with Crippen LogP contribution in [0.4, 0.5) is 17.1 Å². The number of fused-ring (bicyclic) bond motifs is 1. The topological polar surface area (TPSA) is 104 Å². The molecule has 10 heteroatoms. The van der Waals surface area contributed by atoms with E-state index in [1.165, 1.54) is 32.3 Å². The van der Waals surface area contributed by atoms with E-state index < -0.39 is 14.9 Å². The molecule has 0 aliphatic carbocycles. The molecule has 2 aliphatic rings. The number of rotatable bonds is 5. The minimum absolute atomic E-state index is 0.124. The number of nitro groups is 1. The lowest BCUT2D eigenvalue weighted by molar-refractivity contribution is -0.384. The number of hydrogen-bond donors (Lipinski definition) is 0. The molecule has 4 rings (SSSR count). The molecule has 0 bridgehead atoms. The van der Waals surface area contributed by atoms with Gasteiger partial charge in [0.15, 0.2) is 0 Å². The summed E-state index contributed by atoms with van der Waals surface area (Å²) in [6.07, 6.45) is 3.68. The van der Waals surface area contributed by atoms with Crippen molar-refractivity contribution in [3.05, 3.63) is 57.6 Å². The standard InChI is InChI=1S/C22H26N4O5S/c1-23(2)32(30,31)18-7-9-20-16(14-18)10-13-25(20)22(27)19-15-17(26(28)29)6-8-21(19)24-11-4-3-5-12-24/h6-9,14-15H,3-5,10-13H2,1-2H3. The molecule has 0 saturated carbocycles. The molecule has 2 aromatic rings. The molecule has 1 fully saturated rings. The van der Waals surface area contributed by atoms with E-state index in [0.29, 0.717) is 29.9 Å². The Labute approximate surface area is 187 Å². The summed E-state index contributed by atoms with van der Waals surface area (Å²) in [4.78, 5) is 28.4. The summed E-state index contributed by atoms with van der Waals surface area (Å²) >= 11 is 0. The maximum absolute atomic E-state index is 13.6. The summed E-state index contributed by atoms with van der Waals surface area (Å²) in [6, 6.07) is 9.22. The summed E-state index contributed by atoms with van der Waals surface area (Å²) in [5, 5.41) is 11.4. The average Bonchev–Trinajstić information content (AvgIpc) is 3.22. The third-order valence-electron chi connectivity index (χ3n) is 6.09. The van der Waals surface area contributed by atoms with Crippen molar-refractivity contribution >= 4 is 33.0 Å². The lowest BCUT2D eigenvalue weighted by Gasteiger charge is -2.31. The fourth-order valence-corrected chi connectivity index (χ4v) is 5.28. The number of amides is 1. The van der Waals surface area contributed by atoms with Crippen LogP contribution in [0.25, 0.3) is 0 Å². The maximum Gasteiger partial charge on any atom is 0.270 e. The Balaban J connectivity index is 1.72. The Kier molecular flexibility index (Phi) is 5.91. The molecule has 0 aromatic heterocycles. The Morgan fingerprint density at radius 2 is 1.69 bits per heavy atom. The molecule has 0 N–H and O–H groups in total. The van der Waals surface area contributed by atoms with Gasteiger partial charge in [-0.25, -0.2) is 12.7 Å². The molecular weight excluding hydrogens is 432 g/mol. The largest absolute Gasteiger partial charge is 0.371 e. The van der Waals surface area contributed by atoms with Crippen molar-refractivity contribution in [1.29, 1.82) is 0 Å². The highest BCUT2D eigenvalue weighted by atomic mass is 32.2. The fraction of sp³-hybridized carbons (Fsp3) is 0.409. The molecule has 1 saturated heterocycles. The van der Waals surface area contributed by atoms with E-state index in [2.05, 4.69) is 4.90 Å². The van der Waals surface area contributed by atoms with Crippen molar-refractivity contribution in [2.45, 2.75) is 30.6 Å². The van der Waals surface area contributed by atoms with E-state index in [1.807, 2.05) is 0 Å². The number of benzene rings is 2. The second kappa shape index (κ2) is 8.51. The third-order valence-corrected chi connectivity index (χ3v) is 7.90. The Morgan fingerprint density at radius 3 is 2.34 bits per heavy atom. The van der Waals surface area contributed by atoms with Crippen LogP contribution < -0.4 is 9.80 Å². The normalized spacial score (nSPS) is 16.3. The summed E-state index contributed by atoms with van der Waals surface area (Å²) < 4.78 is 26.1. The zero-order valence-corrected chi connectivity index (χ0v) is 19.0. The fourth-order valence-electron chi connectivity index (χ4n) is 4.33. The first-order chi connectivity index (χ1) is 15.2. The number of carbonyl (C=O) groups is 1. The Bertz CT molecular complexity index is 1170. The summed E-state index contributed by atoms with van der Waals surface area (Å²) in [6.45, 7) is 2.00.